The fraction of sp³-hybridized carbons (Fsp3) is 1.00. The van der Waals surface area contributed by atoms with Crippen molar-refractivity contribution in [2.24, 2.45) is 40.9 Å². The third kappa shape index (κ3) is 9.00. The molecule has 2 heteroatoms. The van der Waals surface area contributed by atoms with Gasteiger partial charge in [-0.25, -0.2) is 0 Å². The van der Waals surface area contributed by atoms with Crippen molar-refractivity contribution in [1.82, 2.24) is 0 Å². The Morgan fingerprint density at radius 2 is 1.06 bits per heavy atom. The van der Waals surface area contributed by atoms with E-state index in [9.17, 15) is 0 Å². The van der Waals surface area contributed by atoms with E-state index in [1.54, 1.807) is 0 Å². The van der Waals surface area contributed by atoms with Gasteiger partial charge in [0.05, 0.1) is 18.3 Å². The monoisotopic (exact) mass is 504 g/mol. The minimum Gasteiger partial charge on any atom is -0.378 e. The van der Waals surface area contributed by atoms with E-state index in [0.717, 1.165) is 42.1 Å². The second-order valence-electron chi connectivity index (χ2n) is 14.4. The third-order valence-corrected chi connectivity index (χ3v) is 11.6. The van der Waals surface area contributed by atoms with Gasteiger partial charge in [-0.05, 0) is 131 Å². The SMILES string of the molecule is CCCC(CCCOC1CCC(C)C(C)CC1)C(C)(C)C1CCC(OC2CCC(C)C(C)CC2)CC1. The van der Waals surface area contributed by atoms with E-state index >= 15 is 0 Å². The molecule has 3 saturated carbocycles. The molecule has 0 spiro atoms. The number of ether oxygens (including phenoxy) is 2. The molecule has 3 aliphatic carbocycles. The summed E-state index contributed by atoms with van der Waals surface area (Å²) in [4.78, 5) is 0. The maximum absolute atomic E-state index is 6.72. The molecule has 5 unspecified atom stereocenters. The molecular weight excluding hydrogens is 440 g/mol. The van der Waals surface area contributed by atoms with E-state index in [2.05, 4.69) is 48.5 Å². The lowest BCUT2D eigenvalue weighted by Gasteiger charge is -2.45. The Balaban J connectivity index is 1.41. The van der Waals surface area contributed by atoms with Gasteiger partial charge in [0.25, 0.3) is 0 Å². The largest absolute Gasteiger partial charge is 0.378 e. The van der Waals surface area contributed by atoms with Crippen LogP contribution in [0.1, 0.15) is 151 Å². The highest BCUT2D eigenvalue weighted by molar-refractivity contribution is 4.89. The molecule has 3 fully saturated rings. The zero-order valence-corrected chi connectivity index (χ0v) is 25.5. The van der Waals surface area contributed by atoms with Crippen LogP contribution in [0.15, 0.2) is 0 Å². The number of hydrogen-bond acceptors (Lipinski definition) is 2. The maximum atomic E-state index is 6.72. The Hall–Kier alpha value is -0.0800. The van der Waals surface area contributed by atoms with Crippen LogP contribution in [-0.4, -0.2) is 24.9 Å². The van der Waals surface area contributed by atoms with Crippen molar-refractivity contribution >= 4 is 0 Å². The van der Waals surface area contributed by atoms with Crippen molar-refractivity contribution in [3.63, 3.8) is 0 Å². The predicted octanol–water partition coefficient (Wildman–Crippen LogP) is 10.2. The molecule has 0 aliphatic heterocycles. The summed E-state index contributed by atoms with van der Waals surface area (Å²) in [5.74, 6) is 5.16. The fourth-order valence-corrected chi connectivity index (χ4v) is 7.89. The zero-order valence-electron chi connectivity index (χ0n) is 25.5. The van der Waals surface area contributed by atoms with Gasteiger partial charge < -0.3 is 9.47 Å². The minimum atomic E-state index is 0.432. The Morgan fingerprint density at radius 3 is 1.53 bits per heavy atom. The lowest BCUT2D eigenvalue weighted by Crippen LogP contribution is -2.37. The predicted molar refractivity (Wildman–Crippen MR) is 155 cm³/mol. The van der Waals surface area contributed by atoms with E-state index in [0.29, 0.717) is 23.7 Å². The van der Waals surface area contributed by atoms with Gasteiger partial charge in [0.2, 0.25) is 0 Å². The van der Waals surface area contributed by atoms with Gasteiger partial charge in [-0.2, -0.15) is 0 Å². The van der Waals surface area contributed by atoms with Crippen molar-refractivity contribution in [3.05, 3.63) is 0 Å². The van der Waals surface area contributed by atoms with Crippen LogP contribution in [0.2, 0.25) is 0 Å². The smallest absolute Gasteiger partial charge is 0.0579 e. The summed E-state index contributed by atoms with van der Waals surface area (Å²) in [6, 6.07) is 0. The highest BCUT2D eigenvalue weighted by atomic mass is 16.5. The summed E-state index contributed by atoms with van der Waals surface area (Å²) in [5.41, 5.74) is 0.432. The second kappa shape index (κ2) is 14.9. The van der Waals surface area contributed by atoms with E-state index in [4.69, 9.17) is 9.47 Å². The second-order valence-corrected chi connectivity index (χ2v) is 14.4. The van der Waals surface area contributed by atoms with Crippen LogP contribution in [0.3, 0.4) is 0 Å². The molecule has 212 valence electrons. The van der Waals surface area contributed by atoms with Crippen molar-refractivity contribution in [2.75, 3.05) is 6.61 Å². The van der Waals surface area contributed by atoms with Crippen LogP contribution in [0.4, 0.5) is 0 Å². The molecule has 36 heavy (non-hydrogen) atoms. The first-order valence-corrected chi connectivity index (χ1v) is 16.5. The van der Waals surface area contributed by atoms with Crippen molar-refractivity contribution in [2.45, 2.75) is 170 Å². The Kier molecular flexibility index (Phi) is 12.6. The first-order valence-electron chi connectivity index (χ1n) is 16.5. The normalized spacial score (nSPS) is 37.8. The summed E-state index contributed by atoms with van der Waals surface area (Å²) in [7, 11) is 0. The number of rotatable bonds is 11. The van der Waals surface area contributed by atoms with Gasteiger partial charge in [-0.15, -0.1) is 0 Å². The molecule has 0 saturated heterocycles. The molecule has 0 aromatic carbocycles. The molecule has 0 N–H and O–H groups in total. The van der Waals surface area contributed by atoms with E-state index < -0.39 is 0 Å². The number of hydrogen-bond donors (Lipinski definition) is 0. The summed E-state index contributed by atoms with van der Waals surface area (Å²) in [6.07, 6.45) is 22.7. The van der Waals surface area contributed by atoms with Crippen LogP contribution in [0.25, 0.3) is 0 Å². The molecule has 2 nitrogen and oxygen atoms in total. The Bertz CT molecular complexity index is 568. The molecule has 0 amide bonds. The fourth-order valence-electron chi connectivity index (χ4n) is 7.89. The topological polar surface area (TPSA) is 18.5 Å². The van der Waals surface area contributed by atoms with E-state index in [-0.39, 0.29) is 0 Å². The molecule has 3 rings (SSSR count). The van der Waals surface area contributed by atoms with E-state index in [1.165, 1.54) is 103 Å². The van der Waals surface area contributed by atoms with E-state index in [1.807, 2.05) is 0 Å². The zero-order chi connectivity index (χ0) is 26.1. The molecule has 0 bridgehead atoms. The lowest BCUT2D eigenvalue weighted by molar-refractivity contribution is -0.0580. The average Bonchev–Trinajstić information content (AvgIpc) is 3.12. The minimum absolute atomic E-state index is 0.432. The lowest BCUT2D eigenvalue weighted by atomic mass is 9.62. The van der Waals surface area contributed by atoms with Gasteiger partial charge in [-0.1, -0.05) is 61.3 Å². The van der Waals surface area contributed by atoms with Gasteiger partial charge >= 0.3 is 0 Å². The van der Waals surface area contributed by atoms with Crippen molar-refractivity contribution in [3.8, 4) is 0 Å². The molecule has 0 radical (unpaired) electrons. The molecule has 3 aliphatic rings. The summed E-state index contributed by atoms with van der Waals surface area (Å²) in [5, 5.41) is 0. The Labute approximate surface area is 226 Å². The quantitative estimate of drug-likeness (QED) is 0.206. The molecule has 0 aromatic heterocycles. The summed E-state index contributed by atoms with van der Waals surface area (Å²) >= 11 is 0. The molecule has 0 heterocycles. The Morgan fingerprint density at radius 1 is 0.611 bits per heavy atom. The highest BCUT2D eigenvalue weighted by Gasteiger charge is 2.39. The molecular formula is C34H64O2. The average molecular weight is 505 g/mol. The summed E-state index contributed by atoms with van der Waals surface area (Å²) in [6.45, 7) is 18.3. The van der Waals surface area contributed by atoms with Crippen LogP contribution < -0.4 is 0 Å². The first-order chi connectivity index (χ1) is 17.2. The first kappa shape index (κ1) is 30.5. The maximum Gasteiger partial charge on any atom is 0.0579 e. The van der Waals surface area contributed by atoms with Crippen molar-refractivity contribution in [1.29, 1.82) is 0 Å². The van der Waals surface area contributed by atoms with Crippen LogP contribution in [0.5, 0.6) is 0 Å². The van der Waals surface area contributed by atoms with Crippen molar-refractivity contribution < 1.29 is 9.47 Å². The molecule has 0 aromatic rings. The molecule has 5 atom stereocenters. The van der Waals surface area contributed by atoms with Gasteiger partial charge in [0, 0.05) is 6.61 Å². The van der Waals surface area contributed by atoms with Crippen LogP contribution in [-0.2, 0) is 9.47 Å². The van der Waals surface area contributed by atoms with Gasteiger partial charge in [0.1, 0.15) is 0 Å². The third-order valence-electron chi connectivity index (χ3n) is 11.6. The van der Waals surface area contributed by atoms with Gasteiger partial charge in [0.15, 0.2) is 0 Å². The standard InChI is InChI=1S/C34H64O2/c1-8-10-29(11-9-24-35-31-18-12-25(2)26(3)13-19-31)34(6,7)30-16-22-33(23-17-30)36-32-20-14-27(4)28(5)15-21-32/h25-33H,8-24H2,1-7H3. The van der Waals surface area contributed by atoms with Gasteiger partial charge in [-0.3, -0.25) is 0 Å². The highest BCUT2D eigenvalue weighted by Crippen LogP contribution is 2.47. The van der Waals surface area contributed by atoms with Crippen LogP contribution >= 0.6 is 0 Å². The summed E-state index contributed by atoms with van der Waals surface area (Å²) < 4.78 is 13.2. The van der Waals surface area contributed by atoms with Crippen LogP contribution in [0, 0.1) is 40.9 Å².